The Morgan fingerprint density at radius 3 is 2.71 bits per heavy atom. The van der Waals surface area contributed by atoms with Crippen molar-refractivity contribution in [3.05, 3.63) is 0 Å². The zero-order chi connectivity index (χ0) is 12.3. The third kappa shape index (κ3) is 3.19. The van der Waals surface area contributed by atoms with Crippen LogP contribution in [0.25, 0.3) is 0 Å². The van der Waals surface area contributed by atoms with Crippen LogP contribution in [0.3, 0.4) is 0 Å². The number of nitrogens with zero attached hydrogens (tertiary/aromatic N) is 1. The van der Waals surface area contributed by atoms with Gasteiger partial charge in [-0.25, -0.2) is 0 Å². The Bertz CT molecular complexity index is 244. The molecule has 17 heavy (non-hydrogen) atoms. The van der Waals surface area contributed by atoms with Crippen LogP contribution in [0.2, 0.25) is 0 Å². The van der Waals surface area contributed by atoms with E-state index in [1.807, 2.05) is 6.92 Å². The summed E-state index contributed by atoms with van der Waals surface area (Å²) >= 11 is 0. The fourth-order valence-electron chi connectivity index (χ4n) is 2.96. The molecule has 4 nitrogen and oxygen atoms in total. The van der Waals surface area contributed by atoms with Crippen LogP contribution in [0, 0.1) is 5.41 Å². The molecule has 2 saturated heterocycles. The first-order valence-electron chi connectivity index (χ1n) is 6.86. The van der Waals surface area contributed by atoms with Crippen LogP contribution >= 0.6 is 0 Å². The van der Waals surface area contributed by atoms with E-state index >= 15 is 0 Å². The lowest BCUT2D eigenvalue weighted by molar-refractivity contribution is 0.0624. The number of piperidine rings is 1. The predicted octanol–water partition coefficient (Wildman–Crippen LogP) is 0.194. The van der Waals surface area contributed by atoms with E-state index in [9.17, 15) is 10.2 Å². The van der Waals surface area contributed by atoms with E-state index in [0.717, 1.165) is 6.04 Å². The molecular formula is C13H26N2O2. The van der Waals surface area contributed by atoms with E-state index in [-0.39, 0.29) is 18.6 Å². The maximum atomic E-state index is 9.26. The molecule has 2 rings (SSSR count). The number of nitrogens with one attached hydrogen (secondary N) is 1. The van der Waals surface area contributed by atoms with Gasteiger partial charge in [0.1, 0.15) is 0 Å². The first-order chi connectivity index (χ1) is 8.17. The molecule has 2 unspecified atom stereocenters. The number of hydrogen-bond donors (Lipinski definition) is 3. The molecule has 2 aliphatic heterocycles. The smallest absolute Gasteiger partial charge is 0.0518 e. The van der Waals surface area contributed by atoms with E-state index in [4.69, 9.17) is 0 Å². The predicted molar refractivity (Wildman–Crippen MR) is 67.9 cm³/mol. The van der Waals surface area contributed by atoms with Crippen LogP contribution in [0.4, 0.5) is 0 Å². The van der Waals surface area contributed by atoms with Crippen molar-refractivity contribution in [1.29, 1.82) is 0 Å². The van der Waals surface area contributed by atoms with Crippen LogP contribution < -0.4 is 5.32 Å². The average Bonchev–Trinajstić information content (AvgIpc) is 2.83. The van der Waals surface area contributed by atoms with Gasteiger partial charge in [-0.05, 0) is 38.8 Å². The second-order valence-electron chi connectivity index (χ2n) is 6.06. The van der Waals surface area contributed by atoms with Gasteiger partial charge in [-0.2, -0.15) is 0 Å². The van der Waals surface area contributed by atoms with Gasteiger partial charge in [0.2, 0.25) is 0 Å². The summed E-state index contributed by atoms with van der Waals surface area (Å²) in [5.74, 6) is 0. The number of hydrogen-bond acceptors (Lipinski definition) is 4. The van der Waals surface area contributed by atoms with Gasteiger partial charge in [-0.3, -0.25) is 0 Å². The molecule has 2 atom stereocenters. The van der Waals surface area contributed by atoms with Crippen molar-refractivity contribution in [2.45, 2.75) is 44.7 Å². The monoisotopic (exact) mass is 242 g/mol. The first-order valence-corrected chi connectivity index (χ1v) is 6.86. The lowest BCUT2D eigenvalue weighted by Gasteiger charge is -2.37. The van der Waals surface area contributed by atoms with Crippen LogP contribution in [0.15, 0.2) is 0 Å². The van der Waals surface area contributed by atoms with E-state index in [1.165, 1.54) is 38.8 Å². The standard InChI is InChI=1S/C13H26N2O2/c1-13(9-16,10-17)8-14-11-4-6-15-5-2-3-12(15)7-11/h11-12,14,16-17H,2-10H2,1H3. The third-order valence-electron chi connectivity index (χ3n) is 4.40. The topological polar surface area (TPSA) is 55.7 Å². The summed E-state index contributed by atoms with van der Waals surface area (Å²) in [5, 5.41) is 22.0. The summed E-state index contributed by atoms with van der Waals surface area (Å²) in [5.41, 5.74) is -0.382. The highest BCUT2D eigenvalue weighted by Crippen LogP contribution is 2.27. The van der Waals surface area contributed by atoms with Gasteiger partial charge < -0.3 is 20.4 Å². The Labute approximate surface area is 104 Å². The van der Waals surface area contributed by atoms with Gasteiger partial charge in [0.05, 0.1) is 13.2 Å². The molecular weight excluding hydrogens is 216 g/mol. The number of rotatable bonds is 5. The zero-order valence-electron chi connectivity index (χ0n) is 10.9. The van der Waals surface area contributed by atoms with Gasteiger partial charge in [0, 0.05) is 24.0 Å². The van der Waals surface area contributed by atoms with Gasteiger partial charge in [-0.15, -0.1) is 0 Å². The molecule has 0 aromatic rings. The van der Waals surface area contributed by atoms with Crippen LogP contribution in [-0.2, 0) is 0 Å². The Hall–Kier alpha value is -0.160. The first kappa shape index (κ1) is 13.3. The lowest BCUT2D eigenvalue weighted by atomic mass is 9.91. The molecule has 4 heteroatoms. The van der Waals surface area contributed by atoms with Gasteiger partial charge in [-0.1, -0.05) is 6.92 Å². The number of fused-ring (bicyclic) bond motifs is 1. The minimum absolute atomic E-state index is 0.0404. The van der Waals surface area contributed by atoms with Crippen molar-refractivity contribution in [2.75, 3.05) is 32.8 Å². The maximum Gasteiger partial charge on any atom is 0.0518 e. The fourth-order valence-corrected chi connectivity index (χ4v) is 2.96. The molecule has 0 amide bonds. The summed E-state index contributed by atoms with van der Waals surface area (Å²) in [6.07, 6.45) is 5.12. The summed E-state index contributed by atoms with van der Waals surface area (Å²) in [7, 11) is 0. The lowest BCUT2D eigenvalue weighted by Crippen LogP contribution is -2.49. The van der Waals surface area contributed by atoms with Crippen LogP contribution in [-0.4, -0.2) is 60.0 Å². The average molecular weight is 242 g/mol. The second kappa shape index (κ2) is 5.65. The normalized spacial score (nSPS) is 30.5. The van der Waals surface area contributed by atoms with Crippen molar-refractivity contribution in [2.24, 2.45) is 5.41 Å². The minimum atomic E-state index is -0.382. The summed E-state index contributed by atoms with van der Waals surface area (Å²) < 4.78 is 0. The minimum Gasteiger partial charge on any atom is -0.396 e. The Balaban J connectivity index is 1.76. The van der Waals surface area contributed by atoms with Gasteiger partial charge in [0.25, 0.3) is 0 Å². The van der Waals surface area contributed by atoms with E-state index in [1.54, 1.807) is 0 Å². The molecule has 2 aliphatic rings. The molecule has 100 valence electrons. The van der Waals surface area contributed by atoms with Gasteiger partial charge >= 0.3 is 0 Å². The summed E-state index contributed by atoms with van der Waals surface area (Å²) in [6, 6.07) is 1.34. The number of aliphatic hydroxyl groups is 2. The molecule has 0 aliphatic carbocycles. The van der Waals surface area contributed by atoms with Crippen molar-refractivity contribution in [1.82, 2.24) is 10.2 Å². The van der Waals surface area contributed by atoms with E-state index in [0.29, 0.717) is 12.6 Å². The molecule has 2 heterocycles. The maximum absolute atomic E-state index is 9.26. The van der Waals surface area contributed by atoms with Crippen LogP contribution in [0.1, 0.15) is 32.6 Å². The molecule has 0 aromatic carbocycles. The molecule has 0 spiro atoms. The Kier molecular flexibility index (Phi) is 4.42. The van der Waals surface area contributed by atoms with Crippen molar-refractivity contribution in [3.8, 4) is 0 Å². The van der Waals surface area contributed by atoms with E-state index in [2.05, 4.69) is 10.2 Å². The molecule has 2 fully saturated rings. The van der Waals surface area contributed by atoms with Crippen molar-refractivity contribution < 1.29 is 10.2 Å². The highest BCUT2D eigenvalue weighted by atomic mass is 16.3. The van der Waals surface area contributed by atoms with Crippen molar-refractivity contribution in [3.63, 3.8) is 0 Å². The summed E-state index contributed by atoms with van der Waals surface area (Å²) in [6.45, 7) is 5.19. The zero-order valence-corrected chi connectivity index (χ0v) is 10.9. The molecule has 3 N–H and O–H groups in total. The Morgan fingerprint density at radius 1 is 1.24 bits per heavy atom. The van der Waals surface area contributed by atoms with Crippen molar-refractivity contribution >= 4 is 0 Å². The van der Waals surface area contributed by atoms with E-state index < -0.39 is 0 Å². The number of aliphatic hydroxyl groups excluding tert-OH is 2. The fraction of sp³-hybridized carbons (Fsp3) is 1.00. The highest BCUT2D eigenvalue weighted by molar-refractivity contribution is 4.90. The third-order valence-corrected chi connectivity index (χ3v) is 4.40. The molecule has 0 radical (unpaired) electrons. The second-order valence-corrected chi connectivity index (χ2v) is 6.06. The molecule has 0 aromatic heterocycles. The molecule has 0 bridgehead atoms. The summed E-state index contributed by atoms with van der Waals surface area (Å²) in [4.78, 5) is 2.61. The SMILES string of the molecule is CC(CO)(CO)CNC1CCN2CCCC2C1. The Morgan fingerprint density at radius 2 is 2.00 bits per heavy atom. The largest absolute Gasteiger partial charge is 0.396 e. The quantitative estimate of drug-likeness (QED) is 0.644. The van der Waals surface area contributed by atoms with Gasteiger partial charge in [0.15, 0.2) is 0 Å². The van der Waals surface area contributed by atoms with Crippen LogP contribution in [0.5, 0.6) is 0 Å². The highest BCUT2D eigenvalue weighted by Gasteiger charge is 2.32. The molecule has 0 saturated carbocycles.